The minimum atomic E-state index is -1.02. The monoisotopic (exact) mass is 318 g/mol. The number of halogens is 1. The van der Waals surface area contributed by atoms with Crippen LogP contribution in [0.3, 0.4) is 0 Å². The van der Waals surface area contributed by atoms with Crippen LogP contribution in [-0.4, -0.2) is 26.8 Å². The van der Waals surface area contributed by atoms with Crippen molar-refractivity contribution in [3.63, 3.8) is 0 Å². The molecule has 0 radical (unpaired) electrons. The molecule has 1 aromatic rings. The second-order valence-corrected chi connectivity index (χ2v) is 4.71. The van der Waals surface area contributed by atoms with Crippen LogP contribution in [0.1, 0.15) is 11.5 Å². The molecule has 0 saturated carbocycles. The van der Waals surface area contributed by atoms with Crippen LogP contribution in [0.25, 0.3) is 0 Å². The smallest absolute Gasteiger partial charge is 0.338 e. The molecule has 7 heteroatoms. The largest absolute Gasteiger partial charge is 0.466 e. The van der Waals surface area contributed by atoms with Crippen molar-refractivity contribution in [3.05, 3.63) is 58.4 Å². The molecule has 120 valence electrons. The van der Waals surface area contributed by atoms with Crippen molar-refractivity contribution in [1.82, 2.24) is 0 Å². The molecule has 0 spiro atoms. The van der Waals surface area contributed by atoms with Crippen LogP contribution in [0, 0.1) is 17.1 Å². The average molecular weight is 318 g/mol. The average Bonchev–Trinajstić information content (AvgIpc) is 2.54. The van der Waals surface area contributed by atoms with Crippen molar-refractivity contribution in [1.29, 1.82) is 5.26 Å². The summed E-state index contributed by atoms with van der Waals surface area (Å²) in [6, 6.07) is 7.70. The van der Waals surface area contributed by atoms with Crippen LogP contribution in [0.15, 0.2) is 47.1 Å². The van der Waals surface area contributed by atoms with Crippen LogP contribution >= 0.6 is 0 Å². The molecule has 1 aliphatic heterocycles. The van der Waals surface area contributed by atoms with Gasteiger partial charge in [-0.2, -0.15) is 5.26 Å². The van der Waals surface area contributed by atoms with E-state index in [1.54, 1.807) is 6.07 Å². The van der Waals surface area contributed by atoms with Crippen molar-refractivity contribution < 1.29 is 23.4 Å². The second kappa shape index (κ2) is 6.94. The molecule has 1 aromatic carbocycles. The summed E-state index contributed by atoms with van der Waals surface area (Å²) in [5, 5.41) is 9.38. The number of esters is 1. The summed E-state index contributed by atoms with van der Waals surface area (Å²) in [5.41, 5.74) is 5.82. The van der Waals surface area contributed by atoms with E-state index in [9.17, 15) is 14.4 Å². The first kappa shape index (κ1) is 16.5. The molecule has 0 aliphatic carbocycles. The number of hydrogen-bond donors (Lipinski definition) is 1. The molecule has 2 rings (SSSR count). The van der Waals surface area contributed by atoms with E-state index >= 15 is 0 Å². The van der Waals surface area contributed by atoms with Gasteiger partial charge in [0.25, 0.3) is 0 Å². The summed E-state index contributed by atoms with van der Waals surface area (Å²) in [6.07, 6.45) is 0. The van der Waals surface area contributed by atoms with Gasteiger partial charge in [-0.15, -0.1) is 0 Å². The van der Waals surface area contributed by atoms with Crippen molar-refractivity contribution in [2.75, 3.05) is 20.8 Å². The van der Waals surface area contributed by atoms with Gasteiger partial charge in [0, 0.05) is 12.7 Å². The van der Waals surface area contributed by atoms with Crippen molar-refractivity contribution in [3.8, 4) is 6.07 Å². The maximum absolute atomic E-state index is 14.2. The summed E-state index contributed by atoms with van der Waals surface area (Å²) in [5.74, 6) is -2.44. The maximum Gasteiger partial charge on any atom is 0.338 e. The summed E-state index contributed by atoms with van der Waals surface area (Å²) in [7, 11) is 2.59. The van der Waals surface area contributed by atoms with E-state index < -0.39 is 17.7 Å². The molecule has 0 fully saturated rings. The van der Waals surface area contributed by atoms with Gasteiger partial charge in [0.05, 0.1) is 18.6 Å². The zero-order valence-corrected chi connectivity index (χ0v) is 12.6. The van der Waals surface area contributed by atoms with E-state index in [0.717, 1.165) is 0 Å². The minimum Gasteiger partial charge on any atom is -0.466 e. The van der Waals surface area contributed by atoms with Gasteiger partial charge < -0.3 is 19.9 Å². The Labute approximate surface area is 132 Å². The zero-order chi connectivity index (χ0) is 17.0. The van der Waals surface area contributed by atoms with Gasteiger partial charge >= 0.3 is 5.97 Å². The highest BCUT2D eigenvalue weighted by Crippen LogP contribution is 2.40. The SMILES string of the molecule is COCC1=C(C(=O)OC)[C@H](c2ccccc2F)C(C#N)=C(N)O1. The predicted octanol–water partition coefficient (Wildman–Crippen LogP) is 1.71. The standard InChI is InChI=1S/C16H15FN2O4/c1-21-8-12-14(16(20)22-2)13(10(7-18)15(19)23-12)9-5-3-4-6-11(9)17/h3-6,13H,8,19H2,1-2H3/t13-/m1/s1. The van der Waals surface area contributed by atoms with E-state index in [1.165, 1.54) is 32.4 Å². The highest BCUT2D eigenvalue weighted by molar-refractivity contribution is 5.92. The van der Waals surface area contributed by atoms with Gasteiger partial charge in [-0.3, -0.25) is 0 Å². The Morgan fingerprint density at radius 1 is 1.43 bits per heavy atom. The fourth-order valence-electron chi connectivity index (χ4n) is 2.41. The second-order valence-electron chi connectivity index (χ2n) is 4.71. The van der Waals surface area contributed by atoms with Crippen LogP contribution in [-0.2, 0) is 19.0 Å². The van der Waals surface area contributed by atoms with Gasteiger partial charge in [0.1, 0.15) is 29.8 Å². The van der Waals surface area contributed by atoms with E-state index in [4.69, 9.17) is 19.9 Å². The lowest BCUT2D eigenvalue weighted by Crippen LogP contribution is -2.27. The molecule has 1 atom stereocenters. The lowest BCUT2D eigenvalue weighted by atomic mass is 9.82. The highest BCUT2D eigenvalue weighted by Gasteiger charge is 2.38. The van der Waals surface area contributed by atoms with Gasteiger partial charge in [0.15, 0.2) is 0 Å². The molecule has 1 aliphatic rings. The number of ether oxygens (including phenoxy) is 3. The van der Waals surface area contributed by atoms with Gasteiger partial charge in [0.2, 0.25) is 5.88 Å². The number of benzene rings is 1. The molecule has 0 amide bonds. The molecule has 0 bridgehead atoms. The Balaban J connectivity index is 2.72. The Bertz CT molecular complexity index is 734. The number of carbonyl (C=O) groups is 1. The van der Waals surface area contributed by atoms with Crippen LogP contribution in [0.4, 0.5) is 4.39 Å². The number of methoxy groups -OCH3 is 2. The summed E-state index contributed by atoms with van der Waals surface area (Å²) in [6.45, 7) is -0.0746. The van der Waals surface area contributed by atoms with Crippen molar-refractivity contribution in [2.45, 2.75) is 5.92 Å². The first-order valence-electron chi connectivity index (χ1n) is 6.67. The molecule has 0 aromatic heterocycles. The number of nitrogens with zero attached hydrogens (tertiary/aromatic N) is 1. The number of hydrogen-bond acceptors (Lipinski definition) is 6. The summed E-state index contributed by atoms with van der Waals surface area (Å²) in [4.78, 5) is 12.2. The van der Waals surface area contributed by atoms with Crippen molar-refractivity contribution >= 4 is 5.97 Å². The molecular weight excluding hydrogens is 303 g/mol. The van der Waals surface area contributed by atoms with Gasteiger partial charge in [-0.1, -0.05) is 18.2 Å². The Morgan fingerprint density at radius 3 is 2.70 bits per heavy atom. The fourth-order valence-corrected chi connectivity index (χ4v) is 2.41. The van der Waals surface area contributed by atoms with Crippen LogP contribution in [0.2, 0.25) is 0 Å². The third-order valence-electron chi connectivity index (χ3n) is 3.39. The lowest BCUT2D eigenvalue weighted by molar-refractivity contribution is -0.136. The normalized spacial score (nSPS) is 17.6. The van der Waals surface area contributed by atoms with E-state index in [2.05, 4.69) is 0 Å². The number of carbonyl (C=O) groups excluding carboxylic acids is 1. The zero-order valence-electron chi connectivity index (χ0n) is 12.6. The number of rotatable bonds is 4. The Hall–Kier alpha value is -2.85. The first-order chi connectivity index (χ1) is 11.0. The maximum atomic E-state index is 14.2. The molecule has 2 N–H and O–H groups in total. The molecular formula is C16H15FN2O4. The third-order valence-corrected chi connectivity index (χ3v) is 3.39. The number of allylic oxidation sites excluding steroid dienone is 1. The molecule has 1 heterocycles. The molecule has 23 heavy (non-hydrogen) atoms. The summed E-state index contributed by atoms with van der Waals surface area (Å²) < 4.78 is 29.3. The molecule has 0 unspecified atom stereocenters. The van der Waals surface area contributed by atoms with Crippen molar-refractivity contribution in [2.24, 2.45) is 5.73 Å². The Morgan fingerprint density at radius 2 is 2.13 bits per heavy atom. The number of nitriles is 1. The lowest BCUT2D eigenvalue weighted by Gasteiger charge is -2.27. The van der Waals surface area contributed by atoms with Gasteiger partial charge in [-0.25, -0.2) is 9.18 Å². The van der Waals surface area contributed by atoms with E-state index in [-0.39, 0.29) is 35.0 Å². The van der Waals surface area contributed by atoms with Crippen LogP contribution < -0.4 is 5.73 Å². The van der Waals surface area contributed by atoms with E-state index in [1.807, 2.05) is 6.07 Å². The van der Waals surface area contributed by atoms with Crippen LogP contribution in [0.5, 0.6) is 0 Å². The highest BCUT2D eigenvalue weighted by atomic mass is 19.1. The topological polar surface area (TPSA) is 94.6 Å². The Kier molecular flexibility index (Phi) is 4.98. The minimum absolute atomic E-state index is 0.00907. The summed E-state index contributed by atoms with van der Waals surface area (Å²) >= 11 is 0. The van der Waals surface area contributed by atoms with Gasteiger partial charge in [-0.05, 0) is 6.07 Å². The molecule has 0 saturated heterocycles. The number of nitrogens with two attached hydrogens (primary N) is 1. The van der Waals surface area contributed by atoms with E-state index in [0.29, 0.717) is 0 Å². The first-order valence-corrected chi connectivity index (χ1v) is 6.67. The quantitative estimate of drug-likeness (QED) is 0.849. The molecule has 6 nitrogen and oxygen atoms in total. The predicted molar refractivity (Wildman–Crippen MR) is 78.0 cm³/mol. The third kappa shape index (κ3) is 3.03. The fraction of sp³-hybridized carbons (Fsp3) is 0.250.